The van der Waals surface area contributed by atoms with Crippen molar-refractivity contribution in [3.63, 3.8) is 0 Å². The molecule has 1 aromatic rings. The Bertz CT molecular complexity index is 281. The number of carbonyl (C=O) groups is 1. The minimum Gasteiger partial charge on any atom is -0.364 e. The maximum Gasteiger partial charge on any atom is 0.270 e. The van der Waals surface area contributed by atoms with Gasteiger partial charge in [0.05, 0.1) is 0 Å². The highest BCUT2D eigenvalue weighted by atomic mass is 16.5. The number of nitrogens with zero attached hydrogens (tertiary/aromatic N) is 1. The molecule has 0 radical (unpaired) electrons. The molecule has 2 N–H and O–H groups in total. The second-order valence-corrected chi connectivity index (χ2v) is 3.00. The Labute approximate surface area is 77.1 Å². The Hall–Kier alpha value is -1.32. The van der Waals surface area contributed by atoms with Crippen molar-refractivity contribution in [2.24, 2.45) is 5.73 Å². The number of aryl methyl sites for hydroxylation is 1. The van der Waals surface area contributed by atoms with Crippen molar-refractivity contribution in [3.8, 4) is 0 Å². The number of carbonyl (C=O) groups excluding carboxylic acids is 1. The number of hydrogen-bond acceptors (Lipinski definition) is 3. The van der Waals surface area contributed by atoms with Gasteiger partial charge in [0.15, 0.2) is 5.69 Å². The van der Waals surface area contributed by atoms with Gasteiger partial charge in [-0.3, -0.25) is 4.79 Å². The van der Waals surface area contributed by atoms with Gasteiger partial charge in [-0.05, 0) is 6.42 Å². The molecule has 0 aliphatic heterocycles. The Morgan fingerprint density at radius 3 is 2.92 bits per heavy atom. The monoisotopic (exact) mass is 182 g/mol. The van der Waals surface area contributed by atoms with Gasteiger partial charge in [0, 0.05) is 12.5 Å². The molecule has 4 nitrogen and oxygen atoms in total. The quantitative estimate of drug-likeness (QED) is 0.701. The Morgan fingerprint density at radius 2 is 2.38 bits per heavy atom. The standard InChI is InChI=1S/C9H14N2O2/c1-2-3-4-5-7-6-8(9(10)12)11-13-7/h6H,2-5H2,1H3,(H2,10,12). The SMILES string of the molecule is CCCCCc1cc(C(N)=O)no1. The van der Waals surface area contributed by atoms with Crippen LogP contribution in [0, 0.1) is 0 Å². The van der Waals surface area contributed by atoms with Crippen molar-refractivity contribution < 1.29 is 9.32 Å². The molecule has 0 aromatic carbocycles. The third-order valence-corrected chi connectivity index (χ3v) is 1.84. The molecule has 0 spiro atoms. The van der Waals surface area contributed by atoms with Gasteiger partial charge in [-0.2, -0.15) is 0 Å². The van der Waals surface area contributed by atoms with E-state index in [4.69, 9.17) is 10.3 Å². The molecule has 0 bridgehead atoms. The van der Waals surface area contributed by atoms with E-state index in [9.17, 15) is 4.79 Å². The minimum atomic E-state index is -0.537. The molecule has 0 atom stereocenters. The number of hydrogen-bond donors (Lipinski definition) is 1. The number of amides is 1. The molecule has 0 fully saturated rings. The van der Waals surface area contributed by atoms with Gasteiger partial charge in [0.25, 0.3) is 5.91 Å². The Balaban J connectivity index is 2.44. The summed E-state index contributed by atoms with van der Waals surface area (Å²) < 4.78 is 4.92. The van der Waals surface area contributed by atoms with Crippen molar-refractivity contribution in [1.82, 2.24) is 5.16 Å². The average molecular weight is 182 g/mol. The van der Waals surface area contributed by atoms with Crippen LogP contribution >= 0.6 is 0 Å². The molecule has 13 heavy (non-hydrogen) atoms. The Morgan fingerprint density at radius 1 is 1.62 bits per heavy atom. The summed E-state index contributed by atoms with van der Waals surface area (Å²) in [4.78, 5) is 10.6. The number of rotatable bonds is 5. The third kappa shape index (κ3) is 2.89. The lowest BCUT2D eigenvalue weighted by atomic mass is 10.1. The summed E-state index contributed by atoms with van der Waals surface area (Å²) in [5.41, 5.74) is 5.23. The van der Waals surface area contributed by atoms with Crippen LogP contribution in [0.1, 0.15) is 42.4 Å². The second-order valence-electron chi connectivity index (χ2n) is 3.00. The first kappa shape index (κ1) is 9.77. The van der Waals surface area contributed by atoms with Crippen LogP contribution in [-0.2, 0) is 6.42 Å². The zero-order valence-electron chi connectivity index (χ0n) is 7.75. The molecule has 4 heteroatoms. The fourth-order valence-corrected chi connectivity index (χ4v) is 1.10. The normalized spacial score (nSPS) is 10.2. The largest absolute Gasteiger partial charge is 0.364 e. The molecular formula is C9H14N2O2. The van der Waals surface area contributed by atoms with Crippen LogP contribution < -0.4 is 5.73 Å². The summed E-state index contributed by atoms with van der Waals surface area (Å²) in [6, 6.07) is 1.61. The van der Waals surface area contributed by atoms with Gasteiger partial charge in [-0.25, -0.2) is 0 Å². The van der Waals surface area contributed by atoms with Crippen LogP contribution in [0.25, 0.3) is 0 Å². The molecule has 0 aliphatic carbocycles. The number of primary amides is 1. The van der Waals surface area contributed by atoms with E-state index >= 15 is 0 Å². The predicted molar refractivity (Wildman–Crippen MR) is 48.2 cm³/mol. The van der Waals surface area contributed by atoms with Gasteiger partial charge < -0.3 is 10.3 Å². The van der Waals surface area contributed by atoms with E-state index in [-0.39, 0.29) is 5.69 Å². The zero-order chi connectivity index (χ0) is 9.68. The van der Waals surface area contributed by atoms with E-state index in [0.717, 1.165) is 31.4 Å². The van der Waals surface area contributed by atoms with E-state index in [0.29, 0.717) is 0 Å². The predicted octanol–water partition coefficient (Wildman–Crippen LogP) is 1.51. The molecule has 72 valence electrons. The van der Waals surface area contributed by atoms with Crippen LogP contribution in [0.3, 0.4) is 0 Å². The maximum absolute atomic E-state index is 10.6. The number of unbranched alkanes of at least 4 members (excludes halogenated alkanes) is 2. The van der Waals surface area contributed by atoms with Crippen molar-refractivity contribution in [2.75, 3.05) is 0 Å². The van der Waals surface area contributed by atoms with Crippen molar-refractivity contribution in [3.05, 3.63) is 17.5 Å². The van der Waals surface area contributed by atoms with Crippen molar-refractivity contribution >= 4 is 5.91 Å². The summed E-state index contributed by atoms with van der Waals surface area (Å²) in [5.74, 6) is 0.202. The molecule has 1 rings (SSSR count). The first-order valence-corrected chi connectivity index (χ1v) is 4.49. The van der Waals surface area contributed by atoms with Crippen LogP contribution in [0.5, 0.6) is 0 Å². The third-order valence-electron chi connectivity index (χ3n) is 1.84. The molecule has 0 saturated carbocycles. The molecule has 0 saturated heterocycles. The summed E-state index contributed by atoms with van der Waals surface area (Å²) in [5, 5.41) is 3.54. The van der Waals surface area contributed by atoms with E-state index in [1.165, 1.54) is 0 Å². The number of nitrogens with two attached hydrogens (primary N) is 1. The van der Waals surface area contributed by atoms with E-state index in [1.54, 1.807) is 6.07 Å². The van der Waals surface area contributed by atoms with E-state index < -0.39 is 5.91 Å². The zero-order valence-corrected chi connectivity index (χ0v) is 7.75. The lowest BCUT2D eigenvalue weighted by Gasteiger charge is -1.91. The van der Waals surface area contributed by atoms with Gasteiger partial charge in [-0.1, -0.05) is 24.9 Å². The maximum atomic E-state index is 10.6. The molecule has 0 unspecified atom stereocenters. The van der Waals surface area contributed by atoms with Gasteiger partial charge in [-0.15, -0.1) is 0 Å². The second kappa shape index (κ2) is 4.64. The molecular weight excluding hydrogens is 168 g/mol. The lowest BCUT2D eigenvalue weighted by Crippen LogP contribution is -2.10. The van der Waals surface area contributed by atoms with Crippen LogP contribution in [-0.4, -0.2) is 11.1 Å². The molecule has 1 heterocycles. The minimum absolute atomic E-state index is 0.214. The number of aromatic nitrogens is 1. The lowest BCUT2D eigenvalue weighted by molar-refractivity contribution is 0.0991. The van der Waals surface area contributed by atoms with Crippen LogP contribution in [0.2, 0.25) is 0 Å². The van der Waals surface area contributed by atoms with Gasteiger partial charge in [0.1, 0.15) is 5.76 Å². The van der Waals surface area contributed by atoms with E-state index in [1.807, 2.05) is 0 Å². The Kier molecular flexibility index (Phi) is 3.49. The smallest absolute Gasteiger partial charge is 0.270 e. The van der Waals surface area contributed by atoms with Gasteiger partial charge >= 0.3 is 0 Å². The molecule has 0 aliphatic rings. The highest BCUT2D eigenvalue weighted by Gasteiger charge is 2.07. The first-order chi connectivity index (χ1) is 6.24. The average Bonchev–Trinajstić information content (AvgIpc) is 2.53. The highest BCUT2D eigenvalue weighted by Crippen LogP contribution is 2.07. The fraction of sp³-hybridized carbons (Fsp3) is 0.556. The van der Waals surface area contributed by atoms with Crippen molar-refractivity contribution in [1.29, 1.82) is 0 Å². The van der Waals surface area contributed by atoms with E-state index in [2.05, 4.69) is 12.1 Å². The first-order valence-electron chi connectivity index (χ1n) is 4.49. The molecule has 1 amide bonds. The summed E-state index contributed by atoms with van der Waals surface area (Å²) in [6.45, 7) is 2.13. The summed E-state index contributed by atoms with van der Waals surface area (Å²) in [6.07, 6.45) is 4.21. The van der Waals surface area contributed by atoms with Crippen LogP contribution in [0.15, 0.2) is 10.6 Å². The van der Waals surface area contributed by atoms with Gasteiger partial charge in [0.2, 0.25) is 0 Å². The fourth-order valence-electron chi connectivity index (χ4n) is 1.10. The molecule has 1 aromatic heterocycles. The highest BCUT2D eigenvalue weighted by molar-refractivity contribution is 5.90. The van der Waals surface area contributed by atoms with Crippen LogP contribution in [0.4, 0.5) is 0 Å². The summed E-state index contributed by atoms with van der Waals surface area (Å²) >= 11 is 0. The topological polar surface area (TPSA) is 69.1 Å². The van der Waals surface area contributed by atoms with Crippen molar-refractivity contribution in [2.45, 2.75) is 32.6 Å². The summed E-state index contributed by atoms with van der Waals surface area (Å²) in [7, 11) is 0.